The zero-order valence-corrected chi connectivity index (χ0v) is 19.8. The third kappa shape index (κ3) is 5.90. The summed E-state index contributed by atoms with van der Waals surface area (Å²) in [4.78, 5) is 25.9. The van der Waals surface area contributed by atoms with E-state index in [1.54, 1.807) is 31.2 Å². The van der Waals surface area contributed by atoms with Crippen LogP contribution in [-0.2, 0) is 30.8 Å². The Kier molecular flexibility index (Phi) is 8.33. The van der Waals surface area contributed by atoms with Crippen LogP contribution in [0.25, 0.3) is 0 Å². The molecular weight excluding hydrogens is 448 g/mol. The van der Waals surface area contributed by atoms with Gasteiger partial charge in [-0.1, -0.05) is 48.0 Å². The van der Waals surface area contributed by atoms with Crippen molar-refractivity contribution >= 4 is 33.7 Å². The first-order chi connectivity index (χ1) is 15.3. The number of carbonyl (C=O) groups is 2. The van der Waals surface area contributed by atoms with Gasteiger partial charge in [-0.25, -0.2) is 13.2 Å². The molecule has 1 fully saturated rings. The van der Waals surface area contributed by atoms with Crippen molar-refractivity contribution in [2.45, 2.75) is 37.2 Å². The molecule has 2 aromatic carbocycles. The highest BCUT2D eigenvalue weighted by molar-refractivity contribution is 7.99. The van der Waals surface area contributed by atoms with E-state index in [9.17, 15) is 18.0 Å². The molecule has 1 aliphatic rings. The van der Waals surface area contributed by atoms with Crippen LogP contribution in [0.2, 0.25) is 0 Å². The van der Waals surface area contributed by atoms with Crippen molar-refractivity contribution in [3.05, 3.63) is 65.7 Å². The maximum absolute atomic E-state index is 13.3. The number of nitrogens with zero attached hydrogens (tertiary/aromatic N) is 1. The highest BCUT2D eigenvalue weighted by atomic mass is 32.2. The van der Waals surface area contributed by atoms with E-state index in [0.717, 1.165) is 11.1 Å². The molecule has 1 heterocycles. The summed E-state index contributed by atoms with van der Waals surface area (Å²) in [5.41, 5.74) is 1.82. The number of rotatable bonds is 8. The zero-order valence-electron chi connectivity index (χ0n) is 18.2. The summed E-state index contributed by atoms with van der Waals surface area (Å²) >= 11 is 1.52. The van der Waals surface area contributed by atoms with Crippen molar-refractivity contribution in [1.82, 2.24) is 9.62 Å². The van der Waals surface area contributed by atoms with E-state index in [0.29, 0.717) is 11.5 Å². The van der Waals surface area contributed by atoms with Crippen LogP contribution in [0.3, 0.4) is 0 Å². The number of thioether (sulfide) groups is 1. The van der Waals surface area contributed by atoms with Gasteiger partial charge >= 0.3 is 5.97 Å². The molecule has 0 spiro atoms. The molecule has 0 saturated carbocycles. The van der Waals surface area contributed by atoms with Gasteiger partial charge in [0, 0.05) is 24.5 Å². The molecule has 3 rings (SSSR count). The lowest BCUT2D eigenvalue weighted by Gasteiger charge is -2.34. The molecule has 172 valence electrons. The number of benzene rings is 2. The first-order valence-electron chi connectivity index (χ1n) is 10.5. The number of aryl methyl sites for hydroxylation is 1. The Hall–Kier alpha value is -2.36. The van der Waals surface area contributed by atoms with Gasteiger partial charge in [0.05, 0.1) is 11.5 Å². The van der Waals surface area contributed by atoms with Gasteiger partial charge < -0.3 is 10.1 Å². The number of esters is 1. The second-order valence-corrected chi connectivity index (χ2v) is 10.6. The monoisotopic (exact) mass is 476 g/mol. The van der Waals surface area contributed by atoms with Crippen LogP contribution in [0.1, 0.15) is 18.1 Å². The van der Waals surface area contributed by atoms with E-state index in [2.05, 4.69) is 5.32 Å². The summed E-state index contributed by atoms with van der Waals surface area (Å²) < 4.78 is 32.9. The minimum atomic E-state index is -3.86. The van der Waals surface area contributed by atoms with Gasteiger partial charge in [0.1, 0.15) is 12.1 Å². The maximum atomic E-state index is 13.3. The molecule has 0 bridgehead atoms. The number of amides is 1. The molecule has 0 aromatic heterocycles. The van der Waals surface area contributed by atoms with Crippen LogP contribution in [0.15, 0.2) is 59.5 Å². The number of ether oxygens (including phenoxy) is 1. The molecule has 0 aliphatic carbocycles. The summed E-state index contributed by atoms with van der Waals surface area (Å²) in [5.74, 6) is -0.124. The van der Waals surface area contributed by atoms with Crippen molar-refractivity contribution in [2.75, 3.05) is 24.7 Å². The first-order valence-corrected chi connectivity index (χ1v) is 13.1. The van der Waals surface area contributed by atoms with Crippen LogP contribution in [-0.4, -0.2) is 61.3 Å². The number of carbonyl (C=O) groups excluding carboxylic acids is 2. The summed E-state index contributed by atoms with van der Waals surface area (Å²) in [5, 5.41) is 2.75. The predicted octanol–water partition coefficient (Wildman–Crippen LogP) is 2.39. The van der Waals surface area contributed by atoms with Crippen LogP contribution in [0.4, 0.5) is 0 Å². The Morgan fingerprint density at radius 1 is 1.16 bits per heavy atom. The van der Waals surface area contributed by atoms with Crippen molar-refractivity contribution in [1.29, 1.82) is 0 Å². The maximum Gasteiger partial charge on any atom is 0.328 e. The Balaban J connectivity index is 1.81. The normalized spacial score (nSPS) is 18.0. The number of hydrogen-bond acceptors (Lipinski definition) is 6. The summed E-state index contributed by atoms with van der Waals surface area (Å²) in [7, 11) is -3.86. The topological polar surface area (TPSA) is 92.8 Å². The van der Waals surface area contributed by atoms with Crippen LogP contribution < -0.4 is 5.32 Å². The van der Waals surface area contributed by atoms with Crippen LogP contribution in [0.5, 0.6) is 0 Å². The molecule has 0 radical (unpaired) electrons. The number of nitrogens with one attached hydrogen (secondary N) is 1. The number of hydrogen-bond donors (Lipinski definition) is 1. The lowest BCUT2D eigenvalue weighted by Crippen LogP contribution is -2.57. The highest BCUT2D eigenvalue weighted by Crippen LogP contribution is 2.25. The Bertz CT molecular complexity index is 1030. The van der Waals surface area contributed by atoms with Gasteiger partial charge in [-0.15, -0.1) is 0 Å². The minimum Gasteiger partial charge on any atom is -0.464 e. The second-order valence-electron chi connectivity index (χ2n) is 7.52. The fourth-order valence-corrected chi connectivity index (χ4v) is 6.33. The van der Waals surface area contributed by atoms with E-state index in [-0.39, 0.29) is 24.5 Å². The van der Waals surface area contributed by atoms with Gasteiger partial charge in [0.2, 0.25) is 15.9 Å². The lowest BCUT2D eigenvalue weighted by atomic mass is 10.1. The number of sulfonamides is 1. The molecule has 1 N–H and O–H groups in total. The van der Waals surface area contributed by atoms with Crippen molar-refractivity contribution in [3.8, 4) is 0 Å². The summed E-state index contributed by atoms with van der Waals surface area (Å²) in [6, 6.07) is 14.1. The SMILES string of the molecule is CCOC(=O)[C@@H](Cc1ccccc1)NC(=O)[C@@H]1CSCCN1S(=O)(=O)c1ccc(C)cc1. The smallest absolute Gasteiger partial charge is 0.328 e. The minimum absolute atomic E-state index is 0.152. The fraction of sp³-hybridized carbons (Fsp3) is 0.391. The largest absolute Gasteiger partial charge is 0.464 e. The zero-order chi connectivity index (χ0) is 23.1. The third-order valence-electron chi connectivity index (χ3n) is 5.18. The quantitative estimate of drug-likeness (QED) is 0.588. The molecule has 1 saturated heterocycles. The average Bonchev–Trinajstić information content (AvgIpc) is 2.79. The van der Waals surface area contributed by atoms with Gasteiger partial charge in [0.25, 0.3) is 0 Å². The molecule has 7 nitrogen and oxygen atoms in total. The van der Waals surface area contributed by atoms with Crippen molar-refractivity contribution in [3.63, 3.8) is 0 Å². The molecular formula is C23H28N2O5S2. The Morgan fingerprint density at radius 3 is 2.50 bits per heavy atom. The summed E-state index contributed by atoms with van der Waals surface area (Å²) in [6.07, 6.45) is 0.260. The van der Waals surface area contributed by atoms with E-state index < -0.39 is 34.0 Å². The molecule has 2 aromatic rings. The average molecular weight is 477 g/mol. The lowest BCUT2D eigenvalue weighted by molar-refractivity contribution is -0.147. The van der Waals surface area contributed by atoms with Gasteiger partial charge in [-0.2, -0.15) is 16.1 Å². The van der Waals surface area contributed by atoms with E-state index in [4.69, 9.17) is 4.74 Å². The van der Waals surface area contributed by atoms with E-state index >= 15 is 0 Å². The second kappa shape index (κ2) is 11.0. The highest BCUT2D eigenvalue weighted by Gasteiger charge is 2.39. The van der Waals surface area contributed by atoms with Crippen molar-refractivity contribution in [2.24, 2.45) is 0 Å². The molecule has 1 amide bonds. The van der Waals surface area contributed by atoms with E-state index in [1.165, 1.54) is 16.1 Å². The summed E-state index contributed by atoms with van der Waals surface area (Å²) in [6.45, 7) is 3.99. The molecule has 9 heteroatoms. The van der Waals surface area contributed by atoms with Gasteiger partial charge in [0.15, 0.2) is 0 Å². The Labute approximate surface area is 193 Å². The molecule has 32 heavy (non-hydrogen) atoms. The molecule has 2 atom stereocenters. The first kappa shape index (κ1) is 24.3. The van der Waals surface area contributed by atoms with E-state index in [1.807, 2.05) is 37.3 Å². The third-order valence-corrected chi connectivity index (χ3v) is 8.12. The Morgan fingerprint density at radius 2 is 1.84 bits per heavy atom. The van der Waals surface area contributed by atoms with Crippen LogP contribution in [0, 0.1) is 6.92 Å². The van der Waals surface area contributed by atoms with Crippen molar-refractivity contribution < 1.29 is 22.7 Å². The van der Waals surface area contributed by atoms with Crippen LogP contribution >= 0.6 is 11.8 Å². The van der Waals surface area contributed by atoms with Gasteiger partial charge in [-0.05, 0) is 31.5 Å². The molecule has 0 unspecified atom stereocenters. The standard InChI is InChI=1S/C23H28N2O5S2/c1-3-30-23(27)20(15-18-7-5-4-6-8-18)24-22(26)21-16-31-14-13-25(21)32(28,29)19-11-9-17(2)10-12-19/h4-12,20-21H,3,13-16H2,1-2H3,(H,24,26)/t20-,21+/m1/s1. The van der Waals surface area contributed by atoms with Gasteiger partial charge in [-0.3, -0.25) is 4.79 Å². The fourth-order valence-electron chi connectivity index (χ4n) is 3.48. The predicted molar refractivity (Wildman–Crippen MR) is 125 cm³/mol. The molecule has 1 aliphatic heterocycles.